The standard InChI is InChI=1S/C24H25NO3/c1-27-21-13-8-18(9-14-21)10-17-23(26)25-24(19-6-4-3-5-7-19)20-11-15-22(28-2)16-12-20/h3-9,11-16,24H,10,17H2,1-2H3,(H,25,26)/t24-/m1/s1. The minimum atomic E-state index is -0.199. The molecule has 0 heterocycles. The first-order valence-electron chi connectivity index (χ1n) is 9.31. The smallest absolute Gasteiger partial charge is 0.221 e. The lowest BCUT2D eigenvalue weighted by atomic mass is 9.98. The van der Waals surface area contributed by atoms with E-state index >= 15 is 0 Å². The summed E-state index contributed by atoms with van der Waals surface area (Å²) < 4.78 is 10.4. The van der Waals surface area contributed by atoms with Crippen LogP contribution in [0.25, 0.3) is 0 Å². The fourth-order valence-corrected chi connectivity index (χ4v) is 3.08. The normalized spacial score (nSPS) is 11.5. The van der Waals surface area contributed by atoms with Crippen molar-refractivity contribution in [1.29, 1.82) is 0 Å². The number of nitrogens with one attached hydrogen (secondary N) is 1. The van der Waals surface area contributed by atoms with Crippen molar-refractivity contribution in [3.8, 4) is 11.5 Å². The maximum absolute atomic E-state index is 12.7. The van der Waals surface area contributed by atoms with Gasteiger partial charge >= 0.3 is 0 Å². The van der Waals surface area contributed by atoms with Crippen LogP contribution < -0.4 is 14.8 Å². The molecular formula is C24H25NO3. The summed E-state index contributed by atoms with van der Waals surface area (Å²) in [7, 11) is 3.29. The molecule has 0 aliphatic heterocycles. The van der Waals surface area contributed by atoms with E-state index in [1.165, 1.54) is 0 Å². The third-order valence-corrected chi connectivity index (χ3v) is 4.69. The number of rotatable bonds is 8. The maximum atomic E-state index is 12.7. The maximum Gasteiger partial charge on any atom is 0.221 e. The zero-order valence-corrected chi connectivity index (χ0v) is 16.2. The van der Waals surface area contributed by atoms with E-state index in [0.29, 0.717) is 12.8 Å². The first kappa shape index (κ1) is 19.5. The quantitative estimate of drug-likeness (QED) is 0.629. The molecule has 1 amide bonds. The molecule has 0 spiro atoms. The van der Waals surface area contributed by atoms with Crippen molar-refractivity contribution in [2.24, 2.45) is 0 Å². The largest absolute Gasteiger partial charge is 0.497 e. The van der Waals surface area contributed by atoms with E-state index in [1.54, 1.807) is 14.2 Å². The summed E-state index contributed by atoms with van der Waals surface area (Å²) in [6, 6.07) is 25.4. The summed E-state index contributed by atoms with van der Waals surface area (Å²) in [5, 5.41) is 3.18. The minimum Gasteiger partial charge on any atom is -0.497 e. The number of hydrogen-bond donors (Lipinski definition) is 1. The summed E-state index contributed by atoms with van der Waals surface area (Å²) in [5.74, 6) is 1.62. The number of carbonyl (C=O) groups excluding carboxylic acids is 1. The third kappa shape index (κ3) is 5.13. The van der Waals surface area contributed by atoms with Crippen LogP contribution in [0.5, 0.6) is 11.5 Å². The van der Waals surface area contributed by atoms with Crippen molar-refractivity contribution in [2.75, 3.05) is 14.2 Å². The molecule has 0 saturated heterocycles. The van der Waals surface area contributed by atoms with Gasteiger partial charge in [0.15, 0.2) is 0 Å². The summed E-state index contributed by atoms with van der Waals surface area (Å²) >= 11 is 0. The van der Waals surface area contributed by atoms with Crippen molar-refractivity contribution >= 4 is 5.91 Å². The number of hydrogen-bond acceptors (Lipinski definition) is 3. The van der Waals surface area contributed by atoms with E-state index < -0.39 is 0 Å². The predicted molar refractivity (Wildman–Crippen MR) is 111 cm³/mol. The lowest BCUT2D eigenvalue weighted by Gasteiger charge is -2.20. The van der Waals surface area contributed by atoms with Crippen molar-refractivity contribution in [1.82, 2.24) is 5.32 Å². The van der Waals surface area contributed by atoms with Gasteiger partial charge in [0.05, 0.1) is 20.3 Å². The van der Waals surface area contributed by atoms with Gasteiger partial charge in [-0.2, -0.15) is 0 Å². The van der Waals surface area contributed by atoms with Gasteiger partial charge < -0.3 is 14.8 Å². The third-order valence-electron chi connectivity index (χ3n) is 4.69. The number of ether oxygens (including phenoxy) is 2. The van der Waals surface area contributed by atoms with Gasteiger partial charge in [-0.15, -0.1) is 0 Å². The van der Waals surface area contributed by atoms with Gasteiger partial charge in [-0.3, -0.25) is 4.79 Å². The van der Waals surface area contributed by atoms with Crippen LogP contribution in [0.4, 0.5) is 0 Å². The molecule has 3 rings (SSSR count). The zero-order valence-electron chi connectivity index (χ0n) is 16.2. The predicted octanol–water partition coefficient (Wildman–Crippen LogP) is 4.54. The lowest BCUT2D eigenvalue weighted by molar-refractivity contribution is -0.121. The van der Waals surface area contributed by atoms with Crippen LogP contribution in [-0.2, 0) is 11.2 Å². The van der Waals surface area contributed by atoms with Crippen LogP contribution in [0.1, 0.15) is 29.2 Å². The van der Waals surface area contributed by atoms with Crippen LogP contribution in [0.15, 0.2) is 78.9 Å². The van der Waals surface area contributed by atoms with E-state index in [4.69, 9.17) is 9.47 Å². The highest BCUT2D eigenvalue weighted by Crippen LogP contribution is 2.24. The fraction of sp³-hybridized carbons (Fsp3) is 0.208. The van der Waals surface area contributed by atoms with Gasteiger partial charge in [0, 0.05) is 6.42 Å². The highest BCUT2D eigenvalue weighted by atomic mass is 16.5. The Labute approximate surface area is 166 Å². The van der Waals surface area contributed by atoms with Crippen LogP contribution in [0.3, 0.4) is 0 Å². The Hall–Kier alpha value is -3.27. The molecule has 0 fully saturated rings. The van der Waals surface area contributed by atoms with E-state index in [2.05, 4.69) is 5.32 Å². The number of benzene rings is 3. The molecule has 0 aromatic heterocycles. The van der Waals surface area contributed by atoms with Crippen molar-refractivity contribution in [2.45, 2.75) is 18.9 Å². The topological polar surface area (TPSA) is 47.6 Å². The molecule has 144 valence electrons. The molecule has 1 atom stereocenters. The zero-order chi connectivity index (χ0) is 19.8. The summed E-state index contributed by atoms with van der Waals surface area (Å²) in [4.78, 5) is 12.7. The van der Waals surface area contributed by atoms with Crippen LogP contribution in [0.2, 0.25) is 0 Å². The molecule has 4 heteroatoms. The Morgan fingerprint density at radius 3 is 1.89 bits per heavy atom. The van der Waals surface area contributed by atoms with Gasteiger partial charge in [0.25, 0.3) is 0 Å². The van der Waals surface area contributed by atoms with E-state index in [-0.39, 0.29) is 11.9 Å². The van der Waals surface area contributed by atoms with Gasteiger partial charge in [-0.05, 0) is 47.4 Å². The Balaban J connectivity index is 1.70. The molecule has 0 aliphatic rings. The highest BCUT2D eigenvalue weighted by Gasteiger charge is 2.17. The minimum absolute atomic E-state index is 0.0143. The van der Waals surface area contributed by atoms with E-state index in [9.17, 15) is 4.79 Å². The van der Waals surface area contributed by atoms with Gasteiger partial charge in [-0.25, -0.2) is 0 Å². The number of carbonyl (C=O) groups is 1. The van der Waals surface area contributed by atoms with Gasteiger partial charge in [-0.1, -0.05) is 54.6 Å². The molecule has 3 aromatic carbocycles. The van der Waals surface area contributed by atoms with Gasteiger partial charge in [0.2, 0.25) is 5.91 Å². The second-order valence-corrected chi connectivity index (χ2v) is 6.53. The first-order chi connectivity index (χ1) is 13.7. The van der Waals surface area contributed by atoms with Crippen LogP contribution in [0, 0.1) is 0 Å². The Morgan fingerprint density at radius 1 is 0.786 bits per heavy atom. The van der Waals surface area contributed by atoms with Gasteiger partial charge in [0.1, 0.15) is 11.5 Å². The molecule has 0 saturated carbocycles. The van der Waals surface area contributed by atoms with Crippen molar-refractivity contribution in [3.05, 3.63) is 95.6 Å². The highest BCUT2D eigenvalue weighted by molar-refractivity contribution is 5.77. The second-order valence-electron chi connectivity index (χ2n) is 6.53. The summed E-state index contributed by atoms with van der Waals surface area (Å²) in [6.07, 6.45) is 1.10. The Bertz CT molecular complexity index is 874. The molecule has 0 aliphatic carbocycles. The fourth-order valence-electron chi connectivity index (χ4n) is 3.08. The molecule has 1 N–H and O–H groups in total. The molecule has 4 nitrogen and oxygen atoms in total. The SMILES string of the molecule is COc1ccc(CCC(=O)N[C@H](c2ccccc2)c2ccc(OC)cc2)cc1. The average molecular weight is 375 g/mol. The van der Waals surface area contributed by atoms with E-state index in [1.807, 2.05) is 78.9 Å². The van der Waals surface area contributed by atoms with E-state index in [0.717, 1.165) is 28.2 Å². The van der Waals surface area contributed by atoms with Crippen LogP contribution >= 0.6 is 0 Å². The van der Waals surface area contributed by atoms with Crippen molar-refractivity contribution in [3.63, 3.8) is 0 Å². The Morgan fingerprint density at radius 2 is 1.32 bits per heavy atom. The van der Waals surface area contributed by atoms with Crippen LogP contribution in [-0.4, -0.2) is 20.1 Å². The van der Waals surface area contributed by atoms with Crippen molar-refractivity contribution < 1.29 is 14.3 Å². The molecular weight excluding hydrogens is 350 g/mol. The monoisotopic (exact) mass is 375 g/mol. The Kier molecular flexibility index (Phi) is 6.68. The lowest BCUT2D eigenvalue weighted by Crippen LogP contribution is -2.29. The average Bonchev–Trinajstić information content (AvgIpc) is 2.77. The molecule has 28 heavy (non-hydrogen) atoms. The summed E-state index contributed by atoms with van der Waals surface area (Å²) in [5.41, 5.74) is 3.17. The molecule has 0 unspecified atom stereocenters. The number of methoxy groups -OCH3 is 2. The molecule has 0 radical (unpaired) electrons. The number of aryl methyl sites for hydroxylation is 1. The second kappa shape index (κ2) is 9.60. The first-order valence-corrected chi connectivity index (χ1v) is 9.31. The number of amides is 1. The molecule has 3 aromatic rings. The molecule has 0 bridgehead atoms. The summed E-state index contributed by atoms with van der Waals surface area (Å²) in [6.45, 7) is 0.